The first-order chi connectivity index (χ1) is 8.19. The van der Waals surface area contributed by atoms with Gasteiger partial charge in [0.25, 0.3) is 0 Å². The van der Waals surface area contributed by atoms with E-state index in [4.69, 9.17) is 0 Å². The average Bonchev–Trinajstić information content (AvgIpc) is 2.80. The Balaban J connectivity index is 2.39. The van der Waals surface area contributed by atoms with E-state index in [0.29, 0.717) is 13.1 Å². The molecule has 1 aromatic rings. The van der Waals surface area contributed by atoms with Crippen molar-refractivity contribution in [1.29, 1.82) is 0 Å². The molecular weight excluding hydrogens is 218 g/mol. The highest BCUT2D eigenvalue weighted by atomic mass is 16.2. The minimum atomic E-state index is -0.267. The van der Waals surface area contributed by atoms with E-state index in [9.17, 15) is 4.79 Å². The molecule has 1 heterocycles. The summed E-state index contributed by atoms with van der Waals surface area (Å²) in [5.74, 6) is 0.781. The van der Waals surface area contributed by atoms with Gasteiger partial charge in [-0.2, -0.15) is 0 Å². The van der Waals surface area contributed by atoms with Crippen LogP contribution in [-0.4, -0.2) is 33.3 Å². The van der Waals surface area contributed by atoms with Crippen LogP contribution in [0, 0.1) is 0 Å². The van der Waals surface area contributed by atoms with Crippen molar-refractivity contribution in [3.05, 3.63) is 24.8 Å². The summed E-state index contributed by atoms with van der Waals surface area (Å²) >= 11 is 0. The van der Waals surface area contributed by atoms with E-state index in [2.05, 4.69) is 27.4 Å². The smallest absolute Gasteiger partial charge is 0.237 e. The number of rotatable bonds is 7. The Morgan fingerprint density at radius 1 is 1.71 bits per heavy atom. The molecule has 0 aromatic carbocycles. The Morgan fingerprint density at radius 3 is 3.12 bits per heavy atom. The van der Waals surface area contributed by atoms with E-state index < -0.39 is 0 Å². The number of nitrogens with zero attached hydrogens (tertiary/aromatic N) is 3. The second kappa shape index (κ2) is 6.80. The van der Waals surface area contributed by atoms with Crippen molar-refractivity contribution in [3.63, 3.8) is 0 Å². The van der Waals surface area contributed by atoms with Gasteiger partial charge in [-0.25, -0.2) is 0 Å². The molecule has 1 unspecified atom stereocenters. The SMILES string of the molecule is C=CCNC(=O)C(C)NCc1nncn1CC. The molecular formula is C11H19N5O. The highest BCUT2D eigenvalue weighted by Crippen LogP contribution is 1.95. The van der Waals surface area contributed by atoms with Gasteiger partial charge in [0.05, 0.1) is 12.6 Å². The molecule has 6 heteroatoms. The average molecular weight is 237 g/mol. The molecule has 0 spiro atoms. The number of carbonyl (C=O) groups is 1. The van der Waals surface area contributed by atoms with Gasteiger partial charge in [-0.1, -0.05) is 6.08 Å². The topological polar surface area (TPSA) is 71.8 Å². The summed E-state index contributed by atoms with van der Waals surface area (Å²) in [6, 6.07) is -0.267. The zero-order valence-corrected chi connectivity index (χ0v) is 10.3. The van der Waals surface area contributed by atoms with E-state index in [-0.39, 0.29) is 11.9 Å². The molecule has 2 N–H and O–H groups in total. The lowest BCUT2D eigenvalue weighted by Gasteiger charge is -2.13. The van der Waals surface area contributed by atoms with Gasteiger partial charge in [0, 0.05) is 13.1 Å². The number of amides is 1. The van der Waals surface area contributed by atoms with Crippen LogP contribution in [0.3, 0.4) is 0 Å². The molecule has 6 nitrogen and oxygen atoms in total. The summed E-state index contributed by atoms with van der Waals surface area (Å²) in [5.41, 5.74) is 0. The molecule has 0 saturated heterocycles. The Bertz CT molecular complexity index is 374. The molecule has 0 aliphatic heterocycles. The van der Waals surface area contributed by atoms with Gasteiger partial charge in [0.15, 0.2) is 0 Å². The van der Waals surface area contributed by atoms with Crippen molar-refractivity contribution >= 4 is 5.91 Å². The van der Waals surface area contributed by atoms with Gasteiger partial charge < -0.3 is 9.88 Å². The molecule has 0 aliphatic carbocycles. The van der Waals surface area contributed by atoms with Crippen LogP contribution in [-0.2, 0) is 17.9 Å². The van der Waals surface area contributed by atoms with Crippen LogP contribution < -0.4 is 10.6 Å². The number of hydrogen-bond donors (Lipinski definition) is 2. The number of hydrogen-bond acceptors (Lipinski definition) is 4. The zero-order valence-electron chi connectivity index (χ0n) is 10.3. The van der Waals surface area contributed by atoms with Crippen molar-refractivity contribution in [2.75, 3.05) is 6.54 Å². The quantitative estimate of drug-likeness (QED) is 0.659. The lowest BCUT2D eigenvalue weighted by atomic mass is 10.3. The molecule has 17 heavy (non-hydrogen) atoms. The second-order valence-electron chi connectivity index (χ2n) is 3.67. The monoisotopic (exact) mass is 237 g/mol. The lowest BCUT2D eigenvalue weighted by molar-refractivity contribution is -0.122. The zero-order chi connectivity index (χ0) is 12.7. The van der Waals surface area contributed by atoms with Gasteiger partial charge in [-0.05, 0) is 13.8 Å². The van der Waals surface area contributed by atoms with Crippen LogP contribution in [0.15, 0.2) is 19.0 Å². The molecule has 1 amide bonds. The maximum Gasteiger partial charge on any atom is 0.237 e. The highest BCUT2D eigenvalue weighted by Gasteiger charge is 2.12. The van der Waals surface area contributed by atoms with Crippen molar-refractivity contribution in [3.8, 4) is 0 Å². The standard InChI is InChI=1S/C11H19N5O/c1-4-6-12-11(17)9(3)13-7-10-15-14-8-16(10)5-2/h4,8-9,13H,1,5-7H2,2-3H3,(H,12,17). The predicted molar refractivity (Wildman–Crippen MR) is 65.2 cm³/mol. The maximum atomic E-state index is 11.6. The molecule has 1 rings (SSSR count). The lowest BCUT2D eigenvalue weighted by Crippen LogP contribution is -2.42. The summed E-state index contributed by atoms with van der Waals surface area (Å²) in [5, 5.41) is 13.6. The summed E-state index contributed by atoms with van der Waals surface area (Å²) in [7, 11) is 0. The first-order valence-corrected chi connectivity index (χ1v) is 5.67. The Kier molecular flexibility index (Phi) is 5.35. The van der Waals surface area contributed by atoms with Crippen LogP contribution in [0.2, 0.25) is 0 Å². The van der Waals surface area contributed by atoms with Crippen molar-refractivity contribution in [2.45, 2.75) is 33.0 Å². The van der Waals surface area contributed by atoms with Gasteiger partial charge in [0.2, 0.25) is 5.91 Å². The van der Waals surface area contributed by atoms with Crippen molar-refractivity contribution in [1.82, 2.24) is 25.4 Å². The minimum absolute atomic E-state index is 0.0486. The van der Waals surface area contributed by atoms with E-state index in [1.54, 1.807) is 12.4 Å². The summed E-state index contributed by atoms with van der Waals surface area (Å²) in [4.78, 5) is 11.6. The fourth-order valence-electron chi connectivity index (χ4n) is 1.34. The first-order valence-electron chi connectivity index (χ1n) is 5.67. The first kappa shape index (κ1) is 13.4. The third-order valence-electron chi connectivity index (χ3n) is 2.42. The predicted octanol–water partition coefficient (Wildman–Crippen LogP) is 0.0783. The summed E-state index contributed by atoms with van der Waals surface area (Å²) in [6.07, 6.45) is 3.33. The number of nitrogens with one attached hydrogen (secondary N) is 2. The van der Waals surface area contributed by atoms with Gasteiger partial charge in [-0.15, -0.1) is 16.8 Å². The molecule has 0 bridgehead atoms. The number of aromatic nitrogens is 3. The van der Waals surface area contributed by atoms with E-state index in [0.717, 1.165) is 12.4 Å². The van der Waals surface area contributed by atoms with Crippen LogP contribution in [0.4, 0.5) is 0 Å². The Morgan fingerprint density at radius 2 is 2.47 bits per heavy atom. The maximum absolute atomic E-state index is 11.6. The molecule has 1 atom stereocenters. The number of carbonyl (C=O) groups excluding carboxylic acids is 1. The highest BCUT2D eigenvalue weighted by molar-refractivity contribution is 5.81. The van der Waals surface area contributed by atoms with Gasteiger partial charge in [0.1, 0.15) is 12.2 Å². The molecule has 0 radical (unpaired) electrons. The van der Waals surface area contributed by atoms with Gasteiger partial charge >= 0.3 is 0 Å². The minimum Gasteiger partial charge on any atom is -0.351 e. The van der Waals surface area contributed by atoms with E-state index >= 15 is 0 Å². The molecule has 0 fully saturated rings. The van der Waals surface area contributed by atoms with E-state index in [1.807, 2.05) is 18.4 Å². The molecule has 0 saturated carbocycles. The normalized spacial score (nSPS) is 12.1. The fraction of sp³-hybridized carbons (Fsp3) is 0.545. The number of aryl methyl sites for hydroxylation is 1. The summed E-state index contributed by atoms with van der Waals surface area (Å²) in [6.45, 7) is 9.20. The van der Waals surface area contributed by atoms with E-state index in [1.165, 1.54) is 0 Å². The van der Waals surface area contributed by atoms with Crippen LogP contribution in [0.25, 0.3) is 0 Å². The van der Waals surface area contributed by atoms with Crippen molar-refractivity contribution < 1.29 is 4.79 Å². The van der Waals surface area contributed by atoms with Crippen LogP contribution in [0.1, 0.15) is 19.7 Å². The Hall–Kier alpha value is -1.69. The molecule has 1 aromatic heterocycles. The van der Waals surface area contributed by atoms with Gasteiger partial charge in [-0.3, -0.25) is 10.1 Å². The van der Waals surface area contributed by atoms with Crippen LogP contribution in [0.5, 0.6) is 0 Å². The third kappa shape index (κ3) is 3.99. The molecule has 94 valence electrons. The Labute approximate surface area is 101 Å². The largest absolute Gasteiger partial charge is 0.351 e. The van der Waals surface area contributed by atoms with Crippen molar-refractivity contribution in [2.24, 2.45) is 0 Å². The molecule has 0 aliphatic rings. The third-order valence-corrected chi connectivity index (χ3v) is 2.42. The fourth-order valence-corrected chi connectivity index (χ4v) is 1.34. The second-order valence-corrected chi connectivity index (χ2v) is 3.67. The summed E-state index contributed by atoms with van der Waals surface area (Å²) < 4.78 is 1.93. The van der Waals surface area contributed by atoms with Crippen LogP contribution >= 0.6 is 0 Å².